The molecule has 0 bridgehead atoms. The Kier molecular flexibility index (Phi) is 5.06. The van der Waals surface area contributed by atoms with Crippen LogP contribution in [-0.2, 0) is 16.1 Å². The Morgan fingerprint density at radius 1 is 1.40 bits per heavy atom. The molecule has 25 heavy (non-hydrogen) atoms. The van der Waals surface area contributed by atoms with Crippen LogP contribution in [0.4, 0.5) is 0 Å². The summed E-state index contributed by atoms with van der Waals surface area (Å²) in [6, 6.07) is 6.49. The molecule has 2 aromatic heterocycles. The monoisotopic (exact) mass is 378 g/mol. The van der Waals surface area contributed by atoms with E-state index >= 15 is 0 Å². The Labute approximate surface area is 152 Å². The lowest BCUT2D eigenvalue weighted by molar-refractivity contribution is -0.152. The third-order valence-corrected chi connectivity index (χ3v) is 4.48. The third kappa shape index (κ3) is 4.00. The van der Waals surface area contributed by atoms with E-state index in [1.54, 1.807) is 36.7 Å². The minimum absolute atomic E-state index is 0.0875. The van der Waals surface area contributed by atoms with Crippen LogP contribution >= 0.6 is 22.9 Å². The predicted octanol–water partition coefficient (Wildman–Crippen LogP) is 3.23. The SMILES string of the molecule is Cc1cc(Cl)ccc1O[C@@H](C)C(=O)OCc1cc(=O)n2ccsc2n1. The highest BCUT2D eigenvalue weighted by atomic mass is 35.5. The number of esters is 1. The molecular formula is C17H15ClN2O4S. The van der Waals surface area contributed by atoms with Gasteiger partial charge in [0, 0.05) is 22.7 Å². The van der Waals surface area contributed by atoms with Crippen molar-refractivity contribution >= 4 is 33.9 Å². The van der Waals surface area contributed by atoms with E-state index in [4.69, 9.17) is 21.1 Å². The van der Waals surface area contributed by atoms with E-state index in [1.807, 2.05) is 6.92 Å². The van der Waals surface area contributed by atoms with Gasteiger partial charge in [0.1, 0.15) is 12.4 Å². The topological polar surface area (TPSA) is 69.9 Å². The van der Waals surface area contributed by atoms with E-state index in [0.29, 0.717) is 21.4 Å². The quantitative estimate of drug-likeness (QED) is 0.637. The molecule has 6 nitrogen and oxygen atoms in total. The van der Waals surface area contributed by atoms with Gasteiger partial charge in [-0.1, -0.05) is 11.6 Å². The number of hydrogen-bond donors (Lipinski definition) is 0. The predicted molar refractivity (Wildman–Crippen MR) is 95.4 cm³/mol. The zero-order valence-electron chi connectivity index (χ0n) is 13.6. The molecule has 3 aromatic rings. The summed E-state index contributed by atoms with van der Waals surface area (Å²) in [5.74, 6) is 0.0211. The number of rotatable bonds is 5. The molecule has 2 heterocycles. The Balaban J connectivity index is 1.63. The van der Waals surface area contributed by atoms with Crippen LogP contribution in [-0.4, -0.2) is 21.5 Å². The highest BCUT2D eigenvalue weighted by Gasteiger charge is 2.18. The molecule has 0 aliphatic heterocycles. The van der Waals surface area contributed by atoms with Gasteiger partial charge in [-0.25, -0.2) is 9.78 Å². The fourth-order valence-electron chi connectivity index (χ4n) is 2.21. The molecule has 0 aliphatic rings. The fourth-order valence-corrected chi connectivity index (χ4v) is 3.17. The summed E-state index contributed by atoms with van der Waals surface area (Å²) in [4.78, 5) is 28.9. The molecular weight excluding hydrogens is 364 g/mol. The van der Waals surface area contributed by atoms with Gasteiger partial charge in [0.15, 0.2) is 11.1 Å². The van der Waals surface area contributed by atoms with Crippen molar-refractivity contribution in [3.8, 4) is 5.75 Å². The van der Waals surface area contributed by atoms with Crippen LogP contribution in [0.25, 0.3) is 4.96 Å². The van der Waals surface area contributed by atoms with Crippen molar-refractivity contribution in [3.63, 3.8) is 0 Å². The molecule has 0 saturated heterocycles. The van der Waals surface area contributed by atoms with Gasteiger partial charge < -0.3 is 9.47 Å². The zero-order chi connectivity index (χ0) is 18.0. The van der Waals surface area contributed by atoms with E-state index in [1.165, 1.54) is 21.8 Å². The lowest BCUT2D eigenvalue weighted by atomic mass is 10.2. The van der Waals surface area contributed by atoms with Crippen LogP contribution in [0.15, 0.2) is 40.6 Å². The van der Waals surface area contributed by atoms with E-state index in [9.17, 15) is 9.59 Å². The van der Waals surface area contributed by atoms with Gasteiger partial charge >= 0.3 is 5.97 Å². The average molecular weight is 379 g/mol. The molecule has 0 spiro atoms. The number of aryl methyl sites for hydroxylation is 1. The van der Waals surface area contributed by atoms with Crippen molar-refractivity contribution in [3.05, 3.63) is 62.5 Å². The van der Waals surface area contributed by atoms with Gasteiger partial charge in [-0.3, -0.25) is 9.20 Å². The molecule has 130 valence electrons. The first-order chi connectivity index (χ1) is 11.9. The first-order valence-corrected chi connectivity index (χ1v) is 8.75. The number of nitrogens with zero attached hydrogens (tertiary/aromatic N) is 2. The number of ether oxygens (including phenoxy) is 2. The summed E-state index contributed by atoms with van der Waals surface area (Å²) in [5.41, 5.74) is 1.01. The number of carbonyl (C=O) groups is 1. The van der Waals surface area contributed by atoms with E-state index < -0.39 is 12.1 Å². The molecule has 3 rings (SSSR count). The number of benzene rings is 1. The number of carbonyl (C=O) groups excluding carboxylic acids is 1. The zero-order valence-corrected chi connectivity index (χ0v) is 15.1. The number of halogens is 1. The summed E-state index contributed by atoms with van der Waals surface area (Å²) in [5, 5.41) is 2.37. The molecule has 0 amide bonds. The Bertz CT molecular complexity index is 982. The summed E-state index contributed by atoms with van der Waals surface area (Å²) in [7, 11) is 0. The summed E-state index contributed by atoms with van der Waals surface area (Å²) >= 11 is 7.24. The summed E-state index contributed by atoms with van der Waals surface area (Å²) in [6.45, 7) is 3.35. The van der Waals surface area contributed by atoms with Crippen LogP contribution in [0.2, 0.25) is 5.02 Å². The standard InChI is InChI=1S/C17H15ClN2O4S/c1-10-7-12(18)3-4-14(10)24-11(2)16(22)23-9-13-8-15(21)20-5-6-25-17(20)19-13/h3-8,11H,9H2,1-2H3/t11-/m0/s1. The first-order valence-electron chi connectivity index (χ1n) is 7.49. The van der Waals surface area contributed by atoms with E-state index in [-0.39, 0.29) is 12.2 Å². The normalized spacial score (nSPS) is 12.1. The van der Waals surface area contributed by atoms with Gasteiger partial charge in [0.25, 0.3) is 5.56 Å². The lowest BCUT2D eigenvalue weighted by Crippen LogP contribution is -2.26. The fraction of sp³-hybridized carbons (Fsp3) is 0.235. The molecule has 1 atom stereocenters. The minimum atomic E-state index is -0.800. The Hall–Kier alpha value is -2.38. The second kappa shape index (κ2) is 7.25. The van der Waals surface area contributed by atoms with Gasteiger partial charge in [-0.15, -0.1) is 11.3 Å². The largest absolute Gasteiger partial charge is 0.479 e. The Morgan fingerprint density at radius 3 is 2.96 bits per heavy atom. The number of thiazole rings is 1. The molecule has 0 saturated carbocycles. The molecule has 0 unspecified atom stereocenters. The molecule has 1 aromatic carbocycles. The van der Waals surface area contributed by atoms with Crippen LogP contribution in [0.5, 0.6) is 5.75 Å². The average Bonchev–Trinajstić information content (AvgIpc) is 3.04. The maximum atomic E-state index is 12.1. The number of hydrogen-bond acceptors (Lipinski definition) is 6. The third-order valence-electron chi connectivity index (χ3n) is 3.49. The van der Waals surface area contributed by atoms with Gasteiger partial charge in [0.2, 0.25) is 0 Å². The highest BCUT2D eigenvalue weighted by molar-refractivity contribution is 7.15. The lowest BCUT2D eigenvalue weighted by Gasteiger charge is -2.15. The molecule has 8 heteroatoms. The molecule has 0 radical (unpaired) electrons. The minimum Gasteiger partial charge on any atom is -0.479 e. The van der Waals surface area contributed by atoms with Gasteiger partial charge in [0.05, 0.1) is 5.69 Å². The summed E-state index contributed by atoms with van der Waals surface area (Å²) < 4.78 is 12.3. The van der Waals surface area contributed by atoms with Crippen molar-refractivity contribution in [1.29, 1.82) is 0 Å². The van der Waals surface area contributed by atoms with Crippen molar-refractivity contribution in [2.24, 2.45) is 0 Å². The molecule has 0 aliphatic carbocycles. The van der Waals surface area contributed by atoms with Crippen LogP contribution in [0.3, 0.4) is 0 Å². The summed E-state index contributed by atoms with van der Waals surface area (Å²) in [6.07, 6.45) is 0.849. The van der Waals surface area contributed by atoms with Crippen LogP contribution in [0, 0.1) is 6.92 Å². The Morgan fingerprint density at radius 2 is 2.20 bits per heavy atom. The van der Waals surface area contributed by atoms with Gasteiger partial charge in [-0.2, -0.15) is 0 Å². The van der Waals surface area contributed by atoms with Crippen LogP contribution < -0.4 is 10.3 Å². The number of fused-ring (bicyclic) bond motifs is 1. The van der Waals surface area contributed by atoms with Crippen molar-refractivity contribution in [2.75, 3.05) is 0 Å². The van der Waals surface area contributed by atoms with E-state index in [0.717, 1.165) is 5.56 Å². The van der Waals surface area contributed by atoms with Crippen LogP contribution in [0.1, 0.15) is 18.2 Å². The van der Waals surface area contributed by atoms with Gasteiger partial charge in [-0.05, 0) is 37.6 Å². The second-order valence-corrected chi connectivity index (χ2v) is 6.73. The maximum absolute atomic E-state index is 12.1. The smallest absolute Gasteiger partial charge is 0.347 e. The number of aromatic nitrogens is 2. The maximum Gasteiger partial charge on any atom is 0.347 e. The van der Waals surface area contributed by atoms with Crippen molar-refractivity contribution in [2.45, 2.75) is 26.6 Å². The molecule has 0 N–H and O–H groups in total. The first kappa shape index (κ1) is 17.4. The van der Waals surface area contributed by atoms with Crippen molar-refractivity contribution < 1.29 is 14.3 Å². The highest BCUT2D eigenvalue weighted by Crippen LogP contribution is 2.23. The second-order valence-electron chi connectivity index (χ2n) is 5.42. The van der Waals surface area contributed by atoms with Crippen molar-refractivity contribution in [1.82, 2.24) is 9.38 Å². The molecule has 0 fully saturated rings. The van der Waals surface area contributed by atoms with E-state index in [2.05, 4.69) is 4.98 Å².